The second-order valence-electron chi connectivity index (χ2n) is 7.89. The number of hydrogen-bond acceptors (Lipinski definition) is 5. The van der Waals surface area contributed by atoms with Crippen LogP contribution in [-0.4, -0.2) is 9.97 Å². The van der Waals surface area contributed by atoms with E-state index in [4.69, 9.17) is 17.2 Å². The molecular weight excluding hydrogens is 450 g/mol. The third-order valence-corrected chi connectivity index (χ3v) is 5.99. The molecule has 0 saturated heterocycles. The molecule has 1 aromatic heterocycles. The van der Waals surface area contributed by atoms with Gasteiger partial charge in [-0.2, -0.15) is 5.26 Å². The number of nitriles is 1. The number of hydrogen-bond donors (Lipinski definition) is 3. The lowest BCUT2D eigenvalue weighted by Crippen LogP contribution is -2.41. The number of nitrogens with zero attached hydrogens (tertiary/aromatic N) is 2. The minimum atomic E-state index is 0.403. The van der Waals surface area contributed by atoms with Crippen molar-refractivity contribution in [2.45, 2.75) is 0 Å². The molecule has 35 heavy (non-hydrogen) atoms. The molecule has 0 fully saturated rings. The lowest BCUT2D eigenvalue weighted by atomic mass is 9.97. The predicted molar refractivity (Wildman–Crippen MR) is 145 cm³/mol. The number of anilines is 1. The summed E-state index contributed by atoms with van der Waals surface area (Å²) in [5.41, 5.74) is 13.7. The Hall–Kier alpha value is -4.57. The van der Waals surface area contributed by atoms with Crippen molar-refractivity contribution in [1.29, 1.82) is 5.26 Å². The first-order valence-corrected chi connectivity index (χ1v) is 11.5. The second-order valence-corrected chi connectivity index (χ2v) is 8.30. The van der Waals surface area contributed by atoms with Crippen molar-refractivity contribution < 1.29 is 0 Å². The van der Waals surface area contributed by atoms with Crippen molar-refractivity contribution in [2.24, 2.45) is 0 Å². The maximum Gasteiger partial charge on any atom is 0.160 e. The van der Waals surface area contributed by atoms with E-state index < -0.39 is 0 Å². The Morgan fingerprint density at radius 2 is 1.43 bits per heavy atom. The zero-order chi connectivity index (χ0) is 24.0. The molecule has 3 N–H and O–H groups in total. The standard InChI is InChI=1S/C29H21N5S/c30-19-26-25(21-10-3-1-4-11-21)18-27(24-16-15-20-9-7-8-14-23(20)17-24)31-28(26)32-34-33-29(35)22-12-5-2-6-13-22/h1-18,34H,(H,31,32)(H,33,35). The van der Waals surface area contributed by atoms with Gasteiger partial charge in [0.25, 0.3) is 0 Å². The lowest BCUT2D eigenvalue weighted by molar-refractivity contribution is 0.756. The minimum Gasteiger partial charge on any atom is -0.294 e. The number of rotatable bonds is 6. The Bertz CT molecular complexity index is 1540. The van der Waals surface area contributed by atoms with Crippen LogP contribution in [0.5, 0.6) is 0 Å². The molecule has 0 bridgehead atoms. The third kappa shape index (κ3) is 4.87. The topological polar surface area (TPSA) is 72.8 Å². The van der Waals surface area contributed by atoms with Gasteiger partial charge in [-0.1, -0.05) is 109 Å². The molecule has 5 rings (SSSR count). The number of thiocarbonyl (C=S) groups is 1. The van der Waals surface area contributed by atoms with Gasteiger partial charge in [0.15, 0.2) is 5.82 Å². The molecule has 5 aromatic rings. The number of pyridine rings is 1. The highest BCUT2D eigenvalue weighted by atomic mass is 32.1. The monoisotopic (exact) mass is 471 g/mol. The fourth-order valence-electron chi connectivity index (χ4n) is 3.90. The van der Waals surface area contributed by atoms with Crippen LogP contribution in [0.15, 0.2) is 109 Å². The Kier molecular flexibility index (Phi) is 6.44. The first-order valence-electron chi connectivity index (χ1n) is 11.1. The van der Waals surface area contributed by atoms with E-state index in [1.54, 1.807) is 0 Å². The van der Waals surface area contributed by atoms with Gasteiger partial charge >= 0.3 is 0 Å². The van der Waals surface area contributed by atoms with Crippen LogP contribution >= 0.6 is 12.2 Å². The fraction of sp³-hybridized carbons (Fsp3) is 0. The van der Waals surface area contributed by atoms with E-state index in [-0.39, 0.29) is 0 Å². The van der Waals surface area contributed by atoms with Crippen LogP contribution in [0.3, 0.4) is 0 Å². The molecular formula is C29H21N5S. The number of benzene rings is 4. The van der Waals surface area contributed by atoms with Crippen LogP contribution in [0.25, 0.3) is 33.2 Å². The van der Waals surface area contributed by atoms with E-state index in [9.17, 15) is 5.26 Å². The Balaban J connectivity index is 1.53. The Labute approximate surface area is 209 Å². The van der Waals surface area contributed by atoms with E-state index in [1.165, 1.54) is 0 Å². The highest BCUT2D eigenvalue weighted by Gasteiger charge is 2.16. The molecule has 168 valence electrons. The van der Waals surface area contributed by atoms with Crippen molar-refractivity contribution in [3.63, 3.8) is 0 Å². The van der Waals surface area contributed by atoms with Crippen LogP contribution in [-0.2, 0) is 0 Å². The molecule has 0 saturated carbocycles. The predicted octanol–water partition coefficient (Wildman–Crippen LogP) is 6.24. The fourth-order valence-corrected chi connectivity index (χ4v) is 4.09. The molecule has 0 atom stereocenters. The zero-order valence-corrected chi connectivity index (χ0v) is 19.5. The van der Waals surface area contributed by atoms with Crippen molar-refractivity contribution in [1.82, 2.24) is 15.9 Å². The van der Waals surface area contributed by atoms with Crippen LogP contribution in [0.1, 0.15) is 11.1 Å². The van der Waals surface area contributed by atoms with Crippen molar-refractivity contribution in [2.75, 3.05) is 5.43 Å². The first-order chi connectivity index (χ1) is 17.2. The molecule has 1 heterocycles. The van der Waals surface area contributed by atoms with Crippen LogP contribution in [0, 0.1) is 11.3 Å². The molecule has 0 aliphatic carbocycles. The smallest absolute Gasteiger partial charge is 0.160 e. The summed E-state index contributed by atoms with van der Waals surface area (Å²) in [5.74, 6) is 0.403. The van der Waals surface area contributed by atoms with E-state index in [2.05, 4.69) is 46.7 Å². The van der Waals surface area contributed by atoms with Crippen LogP contribution in [0.4, 0.5) is 5.82 Å². The maximum absolute atomic E-state index is 10.0. The summed E-state index contributed by atoms with van der Waals surface area (Å²) in [6, 6.07) is 38.2. The average Bonchev–Trinajstić information content (AvgIpc) is 2.93. The lowest BCUT2D eigenvalue weighted by Gasteiger charge is -2.16. The molecule has 6 heteroatoms. The summed E-state index contributed by atoms with van der Waals surface area (Å²) in [4.78, 5) is 5.32. The Morgan fingerprint density at radius 3 is 2.17 bits per heavy atom. The van der Waals surface area contributed by atoms with Gasteiger partial charge in [-0.15, -0.1) is 5.53 Å². The quantitative estimate of drug-likeness (QED) is 0.201. The molecule has 5 nitrogen and oxygen atoms in total. The van der Waals surface area contributed by atoms with Crippen LogP contribution < -0.4 is 16.4 Å². The van der Waals surface area contributed by atoms with Crippen molar-refractivity contribution >= 4 is 33.8 Å². The van der Waals surface area contributed by atoms with Gasteiger partial charge in [-0.25, -0.2) is 4.98 Å². The van der Waals surface area contributed by atoms with E-state index >= 15 is 0 Å². The number of fused-ring (bicyclic) bond motifs is 1. The molecule has 0 aliphatic rings. The van der Waals surface area contributed by atoms with Crippen molar-refractivity contribution in [3.8, 4) is 28.5 Å². The van der Waals surface area contributed by atoms with Crippen LogP contribution in [0.2, 0.25) is 0 Å². The van der Waals surface area contributed by atoms with Gasteiger partial charge in [0, 0.05) is 16.7 Å². The zero-order valence-electron chi connectivity index (χ0n) is 18.7. The average molecular weight is 472 g/mol. The molecule has 0 aliphatic heterocycles. The van der Waals surface area contributed by atoms with Gasteiger partial charge in [0.1, 0.15) is 16.6 Å². The minimum absolute atomic E-state index is 0.403. The first kappa shape index (κ1) is 22.2. The third-order valence-electron chi connectivity index (χ3n) is 5.65. The number of nitrogens with one attached hydrogen (secondary N) is 3. The van der Waals surface area contributed by atoms with Gasteiger partial charge in [0.2, 0.25) is 0 Å². The molecule has 0 radical (unpaired) electrons. The highest BCUT2D eigenvalue weighted by Crippen LogP contribution is 2.33. The summed E-state index contributed by atoms with van der Waals surface area (Å²) >= 11 is 5.45. The summed E-state index contributed by atoms with van der Waals surface area (Å²) in [5, 5.41) is 12.3. The number of aromatic nitrogens is 1. The largest absolute Gasteiger partial charge is 0.294 e. The summed E-state index contributed by atoms with van der Waals surface area (Å²) in [7, 11) is 0. The maximum atomic E-state index is 10.0. The number of hydrazine groups is 2. The second kappa shape index (κ2) is 10.1. The van der Waals surface area contributed by atoms with Crippen molar-refractivity contribution in [3.05, 3.63) is 120 Å². The Morgan fingerprint density at radius 1 is 0.743 bits per heavy atom. The van der Waals surface area contributed by atoms with Gasteiger partial charge in [-0.3, -0.25) is 10.9 Å². The normalized spacial score (nSPS) is 10.5. The molecule has 0 unspecified atom stereocenters. The van der Waals surface area contributed by atoms with E-state index in [0.29, 0.717) is 16.4 Å². The van der Waals surface area contributed by atoms with Gasteiger partial charge < -0.3 is 0 Å². The van der Waals surface area contributed by atoms with Gasteiger partial charge in [0.05, 0.1) is 5.69 Å². The molecule has 0 amide bonds. The highest BCUT2D eigenvalue weighted by molar-refractivity contribution is 7.80. The SMILES string of the molecule is N#Cc1c(-c2ccccc2)cc(-c2ccc3ccccc3c2)nc1NNNC(=S)c1ccccc1. The molecule has 4 aromatic carbocycles. The molecule has 0 spiro atoms. The summed E-state index contributed by atoms with van der Waals surface area (Å²) in [6.07, 6.45) is 0. The van der Waals surface area contributed by atoms with E-state index in [0.717, 1.165) is 38.7 Å². The van der Waals surface area contributed by atoms with Gasteiger partial charge in [-0.05, 0) is 28.5 Å². The van der Waals surface area contributed by atoms with E-state index in [1.807, 2.05) is 84.9 Å². The summed E-state index contributed by atoms with van der Waals surface area (Å²) < 4.78 is 0. The summed E-state index contributed by atoms with van der Waals surface area (Å²) in [6.45, 7) is 0.